The van der Waals surface area contributed by atoms with Gasteiger partial charge < -0.3 is 21.1 Å². The lowest BCUT2D eigenvalue weighted by molar-refractivity contribution is 0.0951. The fourth-order valence-electron chi connectivity index (χ4n) is 2.34. The van der Waals surface area contributed by atoms with Crippen LogP contribution in [0.15, 0.2) is 42.6 Å². The second-order valence-corrected chi connectivity index (χ2v) is 6.36. The van der Waals surface area contributed by atoms with Crippen molar-refractivity contribution in [1.29, 1.82) is 0 Å². The Morgan fingerprint density at radius 2 is 1.73 bits per heavy atom. The van der Waals surface area contributed by atoms with Gasteiger partial charge in [0.1, 0.15) is 0 Å². The van der Waals surface area contributed by atoms with Gasteiger partial charge in [0, 0.05) is 30.9 Å². The van der Waals surface area contributed by atoms with Crippen LogP contribution in [0.1, 0.15) is 34.3 Å². The van der Waals surface area contributed by atoms with Crippen LogP contribution in [0, 0.1) is 5.92 Å². The summed E-state index contributed by atoms with van der Waals surface area (Å²) in [6.07, 6.45) is 4.20. The molecule has 136 valence electrons. The van der Waals surface area contributed by atoms with E-state index in [0.29, 0.717) is 30.5 Å². The summed E-state index contributed by atoms with van der Waals surface area (Å²) in [6, 6.07) is 10.1. The topological polar surface area (TPSA) is 106 Å². The third-order valence-electron chi connectivity index (χ3n) is 4.10. The molecule has 4 N–H and O–H groups in total. The van der Waals surface area contributed by atoms with Crippen molar-refractivity contribution in [1.82, 2.24) is 15.6 Å². The summed E-state index contributed by atoms with van der Waals surface area (Å²) in [5.41, 5.74) is 7.34. The van der Waals surface area contributed by atoms with Gasteiger partial charge in [0.25, 0.3) is 5.91 Å². The van der Waals surface area contributed by atoms with Crippen molar-refractivity contribution < 1.29 is 14.3 Å². The summed E-state index contributed by atoms with van der Waals surface area (Å²) in [6.45, 7) is 1.45. The highest BCUT2D eigenvalue weighted by atomic mass is 16.5. The molecule has 1 saturated carbocycles. The van der Waals surface area contributed by atoms with Crippen molar-refractivity contribution in [3.63, 3.8) is 0 Å². The number of hydrogen-bond donors (Lipinski definition) is 3. The van der Waals surface area contributed by atoms with Crippen molar-refractivity contribution in [2.45, 2.75) is 25.9 Å². The summed E-state index contributed by atoms with van der Waals surface area (Å²) in [5, 5.41) is 5.36. The van der Waals surface area contributed by atoms with Crippen molar-refractivity contribution in [3.05, 3.63) is 59.3 Å². The van der Waals surface area contributed by atoms with E-state index in [1.807, 2.05) is 12.1 Å². The summed E-state index contributed by atoms with van der Waals surface area (Å²) in [4.78, 5) is 27.1. The van der Waals surface area contributed by atoms with Crippen LogP contribution in [0.5, 0.6) is 5.88 Å². The second kappa shape index (κ2) is 8.33. The molecule has 1 heterocycles. The van der Waals surface area contributed by atoms with Gasteiger partial charge in [0.05, 0.1) is 6.61 Å². The number of carbonyl (C=O) groups is 2. The zero-order valence-corrected chi connectivity index (χ0v) is 14.4. The van der Waals surface area contributed by atoms with Crippen molar-refractivity contribution >= 4 is 11.9 Å². The fourth-order valence-corrected chi connectivity index (χ4v) is 2.34. The van der Waals surface area contributed by atoms with Gasteiger partial charge in [-0.25, -0.2) is 9.78 Å². The van der Waals surface area contributed by atoms with Crippen LogP contribution in [-0.2, 0) is 13.1 Å². The van der Waals surface area contributed by atoms with Crippen LogP contribution in [0.25, 0.3) is 0 Å². The highest BCUT2D eigenvalue weighted by Crippen LogP contribution is 2.29. The summed E-state index contributed by atoms with van der Waals surface area (Å²) >= 11 is 0. The molecule has 1 aliphatic rings. The molecule has 0 aliphatic heterocycles. The first kappa shape index (κ1) is 17.7. The maximum atomic E-state index is 12.2. The van der Waals surface area contributed by atoms with E-state index in [1.165, 1.54) is 12.8 Å². The van der Waals surface area contributed by atoms with Gasteiger partial charge >= 0.3 is 6.03 Å². The standard InChI is InChI=1S/C19H22N4O3/c20-19(25)23-9-13-3-6-16(7-4-13)18(24)22-11-15-5-8-17(21-10-15)26-12-14-1-2-14/h3-8,10,14H,1-2,9,11-12H2,(H,22,24)(H3,20,23,25). The minimum absolute atomic E-state index is 0.173. The van der Waals surface area contributed by atoms with Crippen LogP contribution >= 0.6 is 0 Å². The average Bonchev–Trinajstić information content (AvgIpc) is 3.48. The second-order valence-electron chi connectivity index (χ2n) is 6.36. The number of amides is 3. The Morgan fingerprint density at radius 1 is 1.04 bits per heavy atom. The number of nitrogens with two attached hydrogens (primary N) is 1. The van der Waals surface area contributed by atoms with E-state index in [-0.39, 0.29) is 5.91 Å². The number of pyridine rings is 1. The molecular weight excluding hydrogens is 332 g/mol. The fraction of sp³-hybridized carbons (Fsp3) is 0.316. The summed E-state index contributed by atoms with van der Waals surface area (Å²) in [5.74, 6) is 1.13. The number of benzene rings is 1. The number of nitrogens with one attached hydrogen (secondary N) is 2. The normalized spacial score (nSPS) is 13.1. The molecule has 0 radical (unpaired) electrons. The Morgan fingerprint density at radius 3 is 2.35 bits per heavy atom. The van der Waals surface area contributed by atoms with Crippen molar-refractivity contribution in [2.75, 3.05) is 6.61 Å². The SMILES string of the molecule is NC(=O)NCc1ccc(C(=O)NCc2ccc(OCC3CC3)nc2)cc1. The highest BCUT2D eigenvalue weighted by molar-refractivity contribution is 5.94. The van der Waals surface area contributed by atoms with Gasteiger partial charge in [-0.15, -0.1) is 0 Å². The smallest absolute Gasteiger partial charge is 0.312 e. The van der Waals surface area contributed by atoms with Crippen LogP contribution in [0.3, 0.4) is 0 Å². The molecule has 1 aromatic carbocycles. The molecular formula is C19H22N4O3. The number of aromatic nitrogens is 1. The first-order valence-electron chi connectivity index (χ1n) is 8.58. The van der Waals surface area contributed by atoms with Gasteiger partial charge in [-0.1, -0.05) is 18.2 Å². The third kappa shape index (κ3) is 5.47. The molecule has 0 saturated heterocycles. The lowest BCUT2D eigenvalue weighted by atomic mass is 10.1. The molecule has 0 atom stereocenters. The van der Waals surface area contributed by atoms with Crippen molar-refractivity contribution in [3.8, 4) is 5.88 Å². The van der Waals surface area contributed by atoms with E-state index in [4.69, 9.17) is 10.5 Å². The monoisotopic (exact) mass is 354 g/mol. The molecule has 2 aromatic rings. The van der Waals surface area contributed by atoms with Crippen LogP contribution in [0.2, 0.25) is 0 Å². The first-order valence-corrected chi connectivity index (χ1v) is 8.58. The van der Waals surface area contributed by atoms with E-state index in [1.54, 1.807) is 30.5 Å². The van der Waals surface area contributed by atoms with Gasteiger partial charge in [0.15, 0.2) is 0 Å². The van der Waals surface area contributed by atoms with E-state index < -0.39 is 6.03 Å². The lowest BCUT2D eigenvalue weighted by Gasteiger charge is -2.08. The minimum Gasteiger partial charge on any atom is -0.477 e. The number of rotatable bonds is 8. The molecule has 0 spiro atoms. The highest BCUT2D eigenvalue weighted by Gasteiger charge is 2.22. The number of ether oxygens (including phenoxy) is 1. The molecule has 7 heteroatoms. The summed E-state index contributed by atoms with van der Waals surface area (Å²) in [7, 11) is 0. The number of hydrogen-bond acceptors (Lipinski definition) is 4. The third-order valence-corrected chi connectivity index (χ3v) is 4.10. The van der Waals surface area contributed by atoms with E-state index >= 15 is 0 Å². The minimum atomic E-state index is -0.579. The Balaban J connectivity index is 1.46. The Labute approximate surface area is 151 Å². The molecule has 1 aliphatic carbocycles. The zero-order valence-electron chi connectivity index (χ0n) is 14.4. The van der Waals surface area contributed by atoms with Crippen LogP contribution < -0.4 is 21.1 Å². The molecule has 3 amide bonds. The average molecular weight is 354 g/mol. The Bertz CT molecular complexity index is 755. The maximum Gasteiger partial charge on any atom is 0.312 e. The molecule has 3 rings (SSSR count). The quantitative estimate of drug-likeness (QED) is 0.674. The van der Waals surface area contributed by atoms with Gasteiger partial charge in [0.2, 0.25) is 5.88 Å². The van der Waals surface area contributed by atoms with Gasteiger partial charge in [-0.2, -0.15) is 0 Å². The number of urea groups is 1. The van der Waals surface area contributed by atoms with Crippen LogP contribution in [-0.4, -0.2) is 23.5 Å². The van der Waals surface area contributed by atoms with Gasteiger partial charge in [-0.3, -0.25) is 4.79 Å². The molecule has 1 fully saturated rings. The Kier molecular flexibility index (Phi) is 5.68. The Hall–Kier alpha value is -3.09. The summed E-state index contributed by atoms with van der Waals surface area (Å²) < 4.78 is 5.59. The van der Waals surface area contributed by atoms with E-state index in [9.17, 15) is 9.59 Å². The predicted octanol–water partition coefficient (Wildman–Crippen LogP) is 1.97. The molecule has 1 aromatic heterocycles. The largest absolute Gasteiger partial charge is 0.477 e. The van der Waals surface area contributed by atoms with E-state index in [0.717, 1.165) is 17.7 Å². The molecule has 0 unspecified atom stereocenters. The predicted molar refractivity (Wildman–Crippen MR) is 96.5 cm³/mol. The number of primary amides is 1. The molecule has 26 heavy (non-hydrogen) atoms. The zero-order chi connectivity index (χ0) is 18.4. The number of carbonyl (C=O) groups excluding carboxylic acids is 2. The first-order chi connectivity index (χ1) is 12.6. The van der Waals surface area contributed by atoms with Gasteiger partial charge in [-0.05, 0) is 42.0 Å². The lowest BCUT2D eigenvalue weighted by Crippen LogP contribution is -2.28. The molecule has 7 nitrogen and oxygen atoms in total. The number of nitrogens with zero attached hydrogens (tertiary/aromatic N) is 1. The van der Waals surface area contributed by atoms with Crippen LogP contribution in [0.4, 0.5) is 4.79 Å². The maximum absolute atomic E-state index is 12.2. The molecule has 0 bridgehead atoms. The van der Waals surface area contributed by atoms with E-state index in [2.05, 4.69) is 15.6 Å². The van der Waals surface area contributed by atoms with Crippen molar-refractivity contribution in [2.24, 2.45) is 11.7 Å².